The van der Waals surface area contributed by atoms with Gasteiger partial charge in [0.15, 0.2) is 4.96 Å². The first kappa shape index (κ1) is 17.2. The van der Waals surface area contributed by atoms with Crippen LogP contribution in [0.15, 0.2) is 53.1 Å². The standard InChI is InChI=1S/C19H18N6OS/c1-13-10-14(2)25(23-13)12-17(26)22-20-11-16-18(15-6-4-3-5-7-15)21-19-24(16)8-9-27-19/h3-11H,12H2,1-2H3,(H,22,26). The van der Waals surface area contributed by atoms with Gasteiger partial charge < -0.3 is 0 Å². The maximum absolute atomic E-state index is 12.2. The first-order valence-corrected chi connectivity index (χ1v) is 9.34. The Morgan fingerprint density at radius 1 is 1.30 bits per heavy atom. The fourth-order valence-electron chi connectivity index (χ4n) is 2.91. The van der Waals surface area contributed by atoms with Gasteiger partial charge in [-0.05, 0) is 19.9 Å². The molecule has 7 nitrogen and oxygen atoms in total. The lowest BCUT2D eigenvalue weighted by Gasteiger charge is -2.03. The van der Waals surface area contributed by atoms with E-state index in [1.165, 1.54) is 0 Å². The predicted octanol–water partition coefficient (Wildman–Crippen LogP) is 3.03. The van der Waals surface area contributed by atoms with Gasteiger partial charge in [0.1, 0.15) is 6.54 Å². The molecule has 0 unspecified atom stereocenters. The molecule has 3 heterocycles. The summed E-state index contributed by atoms with van der Waals surface area (Å²) in [6.45, 7) is 3.95. The molecule has 0 aliphatic heterocycles. The van der Waals surface area contributed by atoms with Crippen molar-refractivity contribution in [1.82, 2.24) is 24.6 Å². The zero-order chi connectivity index (χ0) is 18.8. The molecule has 8 heteroatoms. The number of fused-ring (bicyclic) bond motifs is 1. The highest BCUT2D eigenvalue weighted by molar-refractivity contribution is 7.15. The SMILES string of the molecule is Cc1cc(C)n(CC(=O)NN=Cc2c(-c3ccccc3)nc3sccn23)n1. The van der Waals surface area contributed by atoms with Crippen molar-refractivity contribution in [2.24, 2.45) is 5.10 Å². The van der Waals surface area contributed by atoms with Crippen LogP contribution in [-0.2, 0) is 11.3 Å². The number of carbonyl (C=O) groups is 1. The third kappa shape index (κ3) is 3.52. The molecule has 0 fully saturated rings. The van der Waals surface area contributed by atoms with E-state index in [1.807, 2.05) is 66.2 Å². The van der Waals surface area contributed by atoms with Gasteiger partial charge in [0, 0.05) is 22.8 Å². The Hall–Kier alpha value is -3.26. The molecule has 4 aromatic rings. The number of benzene rings is 1. The number of hydrazone groups is 1. The van der Waals surface area contributed by atoms with Crippen molar-refractivity contribution < 1.29 is 4.79 Å². The van der Waals surface area contributed by atoms with E-state index in [-0.39, 0.29) is 12.5 Å². The normalized spacial score (nSPS) is 11.5. The van der Waals surface area contributed by atoms with Crippen LogP contribution in [0.3, 0.4) is 0 Å². The number of hydrogen-bond donors (Lipinski definition) is 1. The Morgan fingerprint density at radius 3 is 2.85 bits per heavy atom. The maximum Gasteiger partial charge on any atom is 0.261 e. The van der Waals surface area contributed by atoms with Crippen molar-refractivity contribution >= 4 is 28.4 Å². The van der Waals surface area contributed by atoms with E-state index in [0.717, 1.165) is 33.3 Å². The highest BCUT2D eigenvalue weighted by Crippen LogP contribution is 2.25. The van der Waals surface area contributed by atoms with Gasteiger partial charge in [-0.15, -0.1) is 11.3 Å². The van der Waals surface area contributed by atoms with Crippen LogP contribution in [0.25, 0.3) is 16.2 Å². The molecule has 1 N–H and O–H groups in total. The second kappa shape index (κ2) is 7.16. The number of imidazole rings is 1. The number of rotatable bonds is 5. The van der Waals surface area contributed by atoms with Crippen molar-refractivity contribution in [2.45, 2.75) is 20.4 Å². The van der Waals surface area contributed by atoms with Crippen molar-refractivity contribution in [3.05, 3.63) is 65.1 Å². The lowest BCUT2D eigenvalue weighted by molar-refractivity contribution is -0.121. The summed E-state index contributed by atoms with van der Waals surface area (Å²) in [5, 5.41) is 10.4. The number of aromatic nitrogens is 4. The predicted molar refractivity (Wildman–Crippen MR) is 106 cm³/mol. The van der Waals surface area contributed by atoms with Crippen LogP contribution in [-0.4, -0.2) is 31.3 Å². The van der Waals surface area contributed by atoms with Crippen LogP contribution in [0.4, 0.5) is 0 Å². The number of thiazole rings is 1. The van der Waals surface area contributed by atoms with Gasteiger partial charge >= 0.3 is 0 Å². The zero-order valence-electron chi connectivity index (χ0n) is 15.0. The number of carbonyl (C=O) groups excluding carboxylic acids is 1. The molecule has 0 aliphatic rings. The Kier molecular flexibility index (Phi) is 4.55. The summed E-state index contributed by atoms with van der Waals surface area (Å²) in [6.07, 6.45) is 3.58. The van der Waals surface area contributed by atoms with Gasteiger partial charge in [-0.2, -0.15) is 10.2 Å². The van der Waals surface area contributed by atoms with Crippen LogP contribution in [0.5, 0.6) is 0 Å². The molecule has 4 rings (SSSR count). The summed E-state index contributed by atoms with van der Waals surface area (Å²) in [6, 6.07) is 11.9. The monoisotopic (exact) mass is 378 g/mol. The van der Waals surface area contributed by atoms with Crippen LogP contribution in [0.2, 0.25) is 0 Å². The molecule has 27 heavy (non-hydrogen) atoms. The lowest BCUT2D eigenvalue weighted by Crippen LogP contribution is -2.24. The zero-order valence-corrected chi connectivity index (χ0v) is 15.8. The Bertz CT molecular complexity index is 1120. The minimum Gasteiger partial charge on any atom is -0.289 e. The molecule has 1 aromatic carbocycles. The molecule has 0 saturated carbocycles. The molecular formula is C19H18N6OS. The lowest BCUT2D eigenvalue weighted by atomic mass is 10.1. The van der Waals surface area contributed by atoms with Gasteiger partial charge in [0.05, 0.1) is 23.3 Å². The second-order valence-electron chi connectivity index (χ2n) is 6.15. The Labute approximate surface area is 160 Å². The summed E-state index contributed by atoms with van der Waals surface area (Å²) >= 11 is 1.55. The molecular weight excluding hydrogens is 360 g/mol. The van der Waals surface area contributed by atoms with Gasteiger partial charge in [-0.1, -0.05) is 30.3 Å². The minimum atomic E-state index is -0.232. The quantitative estimate of drug-likeness (QED) is 0.428. The second-order valence-corrected chi connectivity index (χ2v) is 7.02. The summed E-state index contributed by atoms with van der Waals surface area (Å²) in [5.41, 5.74) is 7.06. The number of nitrogens with zero attached hydrogens (tertiary/aromatic N) is 5. The van der Waals surface area contributed by atoms with Gasteiger partial charge in [-0.3, -0.25) is 13.9 Å². The summed E-state index contributed by atoms with van der Waals surface area (Å²) in [4.78, 5) is 17.7. The van der Waals surface area contributed by atoms with Gasteiger partial charge in [-0.25, -0.2) is 10.4 Å². The maximum atomic E-state index is 12.2. The Balaban J connectivity index is 1.55. The van der Waals surface area contributed by atoms with Gasteiger partial charge in [0.25, 0.3) is 5.91 Å². The van der Waals surface area contributed by atoms with E-state index in [9.17, 15) is 4.79 Å². The average Bonchev–Trinajstić information content (AvgIpc) is 3.32. The van der Waals surface area contributed by atoms with Gasteiger partial charge in [0.2, 0.25) is 0 Å². The molecule has 0 radical (unpaired) electrons. The third-order valence-corrected chi connectivity index (χ3v) is 4.88. The highest BCUT2D eigenvalue weighted by Gasteiger charge is 2.13. The first-order chi connectivity index (χ1) is 13.1. The molecule has 1 amide bonds. The van der Waals surface area contributed by atoms with Crippen LogP contribution in [0.1, 0.15) is 17.1 Å². The number of hydrogen-bond acceptors (Lipinski definition) is 5. The topological polar surface area (TPSA) is 76.6 Å². The average molecular weight is 378 g/mol. The molecule has 0 atom stereocenters. The highest BCUT2D eigenvalue weighted by atomic mass is 32.1. The molecule has 0 spiro atoms. The van der Waals surface area contributed by atoms with Crippen LogP contribution in [0, 0.1) is 13.8 Å². The molecule has 0 saturated heterocycles. The molecule has 0 aliphatic carbocycles. The summed E-state index contributed by atoms with van der Waals surface area (Å²) in [5.74, 6) is -0.232. The number of aryl methyl sites for hydroxylation is 2. The van der Waals surface area contributed by atoms with Crippen molar-refractivity contribution in [1.29, 1.82) is 0 Å². The minimum absolute atomic E-state index is 0.128. The third-order valence-electron chi connectivity index (χ3n) is 4.12. The van der Waals surface area contributed by atoms with E-state index in [1.54, 1.807) is 22.2 Å². The van der Waals surface area contributed by atoms with Crippen molar-refractivity contribution in [3.63, 3.8) is 0 Å². The van der Waals surface area contributed by atoms with E-state index in [2.05, 4.69) is 20.6 Å². The summed E-state index contributed by atoms with van der Waals surface area (Å²) < 4.78 is 3.62. The molecule has 0 bridgehead atoms. The van der Waals surface area contributed by atoms with E-state index in [0.29, 0.717) is 0 Å². The van der Waals surface area contributed by atoms with E-state index >= 15 is 0 Å². The fourth-order valence-corrected chi connectivity index (χ4v) is 3.63. The van der Waals surface area contributed by atoms with Crippen molar-refractivity contribution in [3.8, 4) is 11.3 Å². The van der Waals surface area contributed by atoms with Crippen LogP contribution >= 0.6 is 11.3 Å². The molecule has 136 valence electrons. The van der Waals surface area contributed by atoms with Crippen LogP contribution < -0.4 is 5.43 Å². The number of nitrogens with one attached hydrogen (secondary N) is 1. The largest absolute Gasteiger partial charge is 0.289 e. The van der Waals surface area contributed by atoms with E-state index < -0.39 is 0 Å². The first-order valence-electron chi connectivity index (χ1n) is 8.46. The smallest absolute Gasteiger partial charge is 0.261 e. The number of amides is 1. The Morgan fingerprint density at radius 2 is 2.11 bits per heavy atom. The fraction of sp³-hybridized carbons (Fsp3) is 0.158. The summed E-state index contributed by atoms with van der Waals surface area (Å²) in [7, 11) is 0. The molecule has 3 aromatic heterocycles. The van der Waals surface area contributed by atoms with Crippen molar-refractivity contribution in [2.75, 3.05) is 0 Å². The van der Waals surface area contributed by atoms with E-state index in [4.69, 9.17) is 0 Å².